The normalized spacial score (nSPS) is 26.4. The van der Waals surface area contributed by atoms with Gasteiger partial charge in [0.1, 0.15) is 0 Å². The number of nitrogens with zero attached hydrogens (tertiary/aromatic N) is 2. The quantitative estimate of drug-likeness (QED) is 0.809. The van der Waals surface area contributed by atoms with E-state index < -0.39 is 0 Å². The SMILES string of the molecule is CCN(C)C(=O)CN1CCC(C2CCCN2)CC1. The molecular weight excluding hydrogens is 226 g/mol. The van der Waals surface area contributed by atoms with Gasteiger partial charge >= 0.3 is 0 Å². The van der Waals surface area contributed by atoms with Crippen LogP contribution in [0.2, 0.25) is 0 Å². The molecule has 18 heavy (non-hydrogen) atoms. The molecule has 0 aromatic rings. The van der Waals surface area contributed by atoms with Gasteiger partial charge in [-0.05, 0) is 58.2 Å². The van der Waals surface area contributed by atoms with Crippen molar-refractivity contribution in [3.63, 3.8) is 0 Å². The summed E-state index contributed by atoms with van der Waals surface area (Å²) < 4.78 is 0. The van der Waals surface area contributed by atoms with Crippen molar-refractivity contribution in [2.45, 2.75) is 38.6 Å². The Labute approximate surface area is 111 Å². The smallest absolute Gasteiger partial charge is 0.236 e. The molecule has 0 bridgehead atoms. The van der Waals surface area contributed by atoms with Crippen molar-refractivity contribution < 1.29 is 4.79 Å². The van der Waals surface area contributed by atoms with Gasteiger partial charge in [0, 0.05) is 19.6 Å². The molecule has 0 aliphatic carbocycles. The van der Waals surface area contributed by atoms with Gasteiger partial charge in [0.25, 0.3) is 0 Å². The van der Waals surface area contributed by atoms with E-state index >= 15 is 0 Å². The number of carbonyl (C=O) groups excluding carboxylic acids is 1. The summed E-state index contributed by atoms with van der Waals surface area (Å²) in [6.07, 6.45) is 5.19. The number of carbonyl (C=O) groups is 1. The third-order valence-electron chi connectivity index (χ3n) is 4.56. The van der Waals surface area contributed by atoms with Crippen LogP contribution in [0.1, 0.15) is 32.6 Å². The van der Waals surface area contributed by atoms with Crippen LogP contribution in [0.5, 0.6) is 0 Å². The topological polar surface area (TPSA) is 35.6 Å². The van der Waals surface area contributed by atoms with Gasteiger partial charge in [-0.15, -0.1) is 0 Å². The van der Waals surface area contributed by atoms with Crippen LogP contribution in [-0.2, 0) is 4.79 Å². The Hall–Kier alpha value is -0.610. The van der Waals surface area contributed by atoms with Crippen molar-refractivity contribution in [3.8, 4) is 0 Å². The average molecular weight is 253 g/mol. The van der Waals surface area contributed by atoms with Crippen molar-refractivity contribution in [2.75, 3.05) is 39.8 Å². The van der Waals surface area contributed by atoms with Crippen LogP contribution in [0.3, 0.4) is 0 Å². The Kier molecular flexibility index (Phi) is 5.01. The van der Waals surface area contributed by atoms with E-state index in [1.165, 1.54) is 32.2 Å². The Balaban J connectivity index is 1.71. The Bertz CT molecular complexity index is 268. The van der Waals surface area contributed by atoms with Crippen molar-refractivity contribution in [1.82, 2.24) is 15.1 Å². The summed E-state index contributed by atoms with van der Waals surface area (Å²) in [5.41, 5.74) is 0. The Morgan fingerprint density at radius 3 is 2.61 bits per heavy atom. The van der Waals surface area contributed by atoms with Gasteiger partial charge in [0.05, 0.1) is 6.54 Å². The first-order valence-corrected chi connectivity index (χ1v) is 7.40. The second-order valence-electron chi connectivity index (χ2n) is 5.72. The zero-order chi connectivity index (χ0) is 13.0. The van der Waals surface area contributed by atoms with Gasteiger partial charge in [-0.3, -0.25) is 9.69 Å². The zero-order valence-corrected chi connectivity index (χ0v) is 11.8. The number of rotatable bonds is 4. The molecule has 1 N–H and O–H groups in total. The first-order chi connectivity index (χ1) is 8.70. The summed E-state index contributed by atoms with van der Waals surface area (Å²) in [7, 11) is 1.89. The third kappa shape index (κ3) is 3.45. The number of likely N-dealkylation sites (N-methyl/N-ethyl adjacent to an activating group) is 1. The van der Waals surface area contributed by atoms with Gasteiger partial charge < -0.3 is 10.2 Å². The van der Waals surface area contributed by atoms with Crippen LogP contribution in [-0.4, -0.2) is 61.5 Å². The maximum atomic E-state index is 11.9. The maximum absolute atomic E-state index is 11.9. The zero-order valence-electron chi connectivity index (χ0n) is 11.8. The van der Waals surface area contributed by atoms with E-state index in [9.17, 15) is 4.79 Å². The van der Waals surface area contributed by atoms with Crippen molar-refractivity contribution >= 4 is 5.91 Å². The molecule has 2 heterocycles. The highest BCUT2D eigenvalue weighted by atomic mass is 16.2. The lowest BCUT2D eigenvalue weighted by atomic mass is 9.88. The standard InChI is InChI=1S/C14H27N3O/c1-3-16(2)14(18)11-17-9-6-12(7-10-17)13-5-4-8-15-13/h12-13,15H,3-11H2,1-2H3. The summed E-state index contributed by atoms with van der Waals surface area (Å²) in [5, 5.41) is 3.62. The van der Waals surface area contributed by atoms with Crippen LogP contribution in [0.15, 0.2) is 0 Å². The molecule has 2 fully saturated rings. The van der Waals surface area contributed by atoms with Gasteiger partial charge in [0.15, 0.2) is 0 Å². The minimum absolute atomic E-state index is 0.259. The molecule has 0 aromatic carbocycles. The lowest BCUT2D eigenvalue weighted by Crippen LogP contribution is -2.45. The molecule has 104 valence electrons. The maximum Gasteiger partial charge on any atom is 0.236 e. The average Bonchev–Trinajstić information content (AvgIpc) is 2.92. The monoisotopic (exact) mass is 253 g/mol. The summed E-state index contributed by atoms with van der Waals surface area (Å²) in [6.45, 7) is 6.81. The molecule has 4 heteroatoms. The number of likely N-dealkylation sites (tertiary alicyclic amines) is 1. The minimum Gasteiger partial charge on any atom is -0.345 e. The molecule has 1 unspecified atom stereocenters. The van der Waals surface area contributed by atoms with E-state index in [1.54, 1.807) is 0 Å². The molecule has 2 rings (SSSR count). The van der Waals surface area contributed by atoms with E-state index in [1.807, 2.05) is 18.9 Å². The lowest BCUT2D eigenvalue weighted by Gasteiger charge is -2.35. The summed E-state index contributed by atoms with van der Waals surface area (Å²) in [5.74, 6) is 1.10. The van der Waals surface area contributed by atoms with E-state index in [-0.39, 0.29) is 5.91 Å². The van der Waals surface area contributed by atoms with Gasteiger partial charge in [0.2, 0.25) is 5.91 Å². The highest BCUT2D eigenvalue weighted by Gasteiger charge is 2.28. The summed E-state index contributed by atoms with van der Waals surface area (Å²) in [4.78, 5) is 16.0. The Morgan fingerprint density at radius 1 is 1.33 bits per heavy atom. The third-order valence-corrected chi connectivity index (χ3v) is 4.56. The number of piperidine rings is 1. The molecule has 0 saturated carbocycles. The molecule has 0 radical (unpaired) electrons. The Morgan fingerprint density at radius 2 is 2.06 bits per heavy atom. The molecule has 2 aliphatic rings. The van der Waals surface area contributed by atoms with Crippen molar-refractivity contribution in [1.29, 1.82) is 0 Å². The van der Waals surface area contributed by atoms with Crippen molar-refractivity contribution in [2.24, 2.45) is 5.92 Å². The van der Waals surface area contributed by atoms with Crippen LogP contribution < -0.4 is 5.32 Å². The number of amides is 1. The van der Waals surface area contributed by atoms with E-state index in [4.69, 9.17) is 0 Å². The van der Waals surface area contributed by atoms with Crippen LogP contribution in [0.4, 0.5) is 0 Å². The summed E-state index contributed by atoms with van der Waals surface area (Å²) >= 11 is 0. The number of hydrogen-bond acceptors (Lipinski definition) is 3. The van der Waals surface area contributed by atoms with Gasteiger partial charge in [-0.2, -0.15) is 0 Å². The van der Waals surface area contributed by atoms with Crippen molar-refractivity contribution in [3.05, 3.63) is 0 Å². The molecule has 1 amide bonds. The first kappa shape index (κ1) is 13.8. The van der Waals surface area contributed by atoms with Gasteiger partial charge in [-0.1, -0.05) is 0 Å². The fourth-order valence-corrected chi connectivity index (χ4v) is 3.12. The van der Waals surface area contributed by atoms with Crippen LogP contribution >= 0.6 is 0 Å². The second kappa shape index (κ2) is 6.53. The van der Waals surface area contributed by atoms with Crippen LogP contribution in [0.25, 0.3) is 0 Å². The molecule has 0 aromatic heterocycles. The summed E-state index contributed by atoms with van der Waals surface area (Å²) in [6, 6.07) is 0.751. The van der Waals surface area contributed by atoms with E-state index in [0.29, 0.717) is 6.54 Å². The molecule has 2 saturated heterocycles. The molecule has 4 nitrogen and oxygen atoms in total. The number of hydrogen-bond donors (Lipinski definition) is 1. The van der Waals surface area contributed by atoms with E-state index in [0.717, 1.165) is 31.6 Å². The number of nitrogens with one attached hydrogen (secondary N) is 1. The fraction of sp³-hybridized carbons (Fsp3) is 0.929. The highest BCUT2D eigenvalue weighted by Crippen LogP contribution is 2.25. The predicted octanol–water partition coefficient (Wildman–Crippen LogP) is 0.929. The highest BCUT2D eigenvalue weighted by molar-refractivity contribution is 5.77. The van der Waals surface area contributed by atoms with Crippen LogP contribution in [0, 0.1) is 5.92 Å². The lowest BCUT2D eigenvalue weighted by molar-refractivity contribution is -0.131. The second-order valence-corrected chi connectivity index (χ2v) is 5.72. The van der Waals surface area contributed by atoms with E-state index in [2.05, 4.69) is 10.2 Å². The molecule has 2 aliphatic heterocycles. The van der Waals surface area contributed by atoms with Gasteiger partial charge in [-0.25, -0.2) is 0 Å². The molecular formula is C14H27N3O. The largest absolute Gasteiger partial charge is 0.345 e. The predicted molar refractivity (Wildman–Crippen MR) is 73.5 cm³/mol. The fourth-order valence-electron chi connectivity index (χ4n) is 3.12. The molecule has 0 spiro atoms. The molecule has 1 atom stereocenters. The first-order valence-electron chi connectivity index (χ1n) is 7.40. The minimum atomic E-state index is 0.259.